The average molecular weight is 256 g/mol. The van der Waals surface area contributed by atoms with Gasteiger partial charge in [0.05, 0.1) is 0 Å². The first-order valence-corrected chi connectivity index (χ1v) is 6.70. The lowest BCUT2D eigenvalue weighted by Gasteiger charge is -2.37. The zero-order chi connectivity index (χ0) is 13.8. The number of hydrogen-bond donors (Lipinski definition) is 3. The summed E-state index contributed by atoms with van der Waals surface area (Å²) in [5.74, 6) is -0.934. The van der Waals surface area contributed by atoms with Crippen LogP contribution in [0.15, 0.2) is 0 Å². The van der Waals surface area contributed by atoms with E-state index in [1.54, 1.807) is 6.92 Å². The number of amides is 1. The third-order valence-electron chi connectivity index (χ3n) is 4.11. The number of aliphatic carboxylic acids is 1. The van der Waals surface area contributed by atoms with E-state index in [1.807, 2.05) is 0 Å². The van der Waals surface area contributed by atoms with Gasteiger partial charge in [-0.3, -0.25) is 4.79 Å². The average Bonchev–Trinajstić information content (AvgIpc) is 2.38. The zero-order valence-electron chi connectivity index (χ0n) is 11.2. The summed E-state index contributed by atoms with van der Waals surface area (Å²) >= 11 is 0. The Morgan fingerprint density at radius 2 is 2.00 bits per heavy atom. The van der Waals surface area contributed by atoms with Crippen molar-refractivity contribution in [2.24, 2.45) is 17.6 Å². The Labute approximate surface area is 108 Å². The van der Waals surface area contributed by atoms with Crippen LogP contribution in [0.4, 0.5) is 0 Å². The van der Waals surface area contributed by atoms with Crippen LogP contribution in [0.1, 0.15) is 46.0 Å². The molecule has 1 atom stereocenters. The van der Waals surface area contributed by atoms with Crippen molar-refractivity contribution in [3.63, 3.8) is 0 Å². The maximum Gasteiger partial charge on any atom is 0.329 e. The number of carboxylic acids is 1. The maximum absolute atomic E-state index is 11.8. The summed E-state index contributed by atoms with van der Waals surface area (Å²) in [6, 6.07) is 0. The summed E-state index contributed by atoms with van der Waals surface area (Å²) in [5, 5.41) is 12.1. The van der Waals surface area contributed by atoms with Gasteiger partial charge in [-0.25, -0.2) is 4.79 Å². The van der Waals surface area contributed by atoms with E-state index in [1.165, 1.54) is 0 Å². The van der Waals surface area contributed by atoms with E-state index in [-0.39, 0.29) is 18.4 Å². The zero-order valence-corrected chi connectivity index (χ0v) is 11.2. The van der Waals surface area contributed by atoms with E-state index in [9.17, 15) is 14.7 Å². The second kappa shape index (κ2) is 6.18. The van der Waals surface area contributed by atoms with Crippen molar-refractivity contribution in [1.29, 1.82) is 0 Å². The predicted octanol–water partition coefficient (Wildman–Crippen LogP) is 1.12. The molecule has 0 aromatic carbocycles. The number of carbonyl (C=O) groups excluding carboxylic acids is 1. The van der Waals surface area contributed by atoms with E-state index in [0.717, 1.165) is 19.3 Å². The molecular formula is C13H24N2O3. The highest BCUT2D eigenvalue weighted by Gasteiger charge is 2.43. The van der Waals surface area contributed by atoms with Crippen molar-refractivity contribution in [3.8, 4) is 0 Å². The summed E-state index contributed by atoms with van der Waals surface area (Å²) in [6.07, 6.45) is 3.83. The van der Waals surface area contributed by atoms with Gasteiger partial charge in [-0.1, -0.05) is 20.3 Å². The van der Waals surface area contributed by atoms with Gasteiger partial charge in [0.2, 0.25) is 5.91 Å². The summed E-state index contributed by atoms with van der Waals surface area (Å²) in [5.41, 5.74) is 4.36. The van der Waals surface area contributed by atoms with Crippen LogP contribution in [0, 0.1) is 11.8 Å². The van der Waals surface area contributed by atoms with Crippen LogP contribution in [0.25, 0.3) is 0 Å². The molecule has 0 radical (unpaired) electrons. The van der Waals surface area contributed by atoms with Crippen molar-refractivity contribution in [1.82, 2.24) is 5.32 Å². The summed E-state index contributed by atoms with van der Waals surface area (Å²) in [6.45, 7) is 4.06. The molecule has 1 rings (SSSR count). The molecule has 0 heterocycles. The van der Waals surface area contributed by atoms with Crippen molar-refractivity contribution >= 4 is 11.9 Å². The summed E-state index contributed by atoms with van der Waals surface area (Å²) in [7, 11) is 0. The molecule has 0 aromatic heterocycles. The topological polar surface area (TPSA) is 92.4 Å². The van der Waals surface area contributed by atoms with Crippen LogP contribution in [0.3, 0.4) is 0 Å². The van der Waals surface area contributed by atoms with Crippen molar-refractivity contribution in [2.75, 3.05) is 6.54 Å². The highest BCUT2D eigenvalue weighted by molar-refractivity contribution is 5.88. The van der Waals surface area contributed by atoms with Gasteiger partial charge in [0.1, 0.15) is 5.54 Å². The molecule has 1 saturated carbocycles. The van der Waals surface area contributed by atoms with Crippen LogP contribution in [-0.2, 0) is 9.59 Å². The minimum absolute atomic E-state index is 0.235. The van der Waals surface area contributed by atoms with Gasteiger partial charge in [0, 0.05) is 12.5 Å². The first-order chi connectivity index (χ1) is 8.45. The fourth-order valence-corrected chi connectivity index (χ4v) is 2.44. The van der Waals surface area contributed by atoms with Gasteiger partial charge in [0.15, 0.2) is 0 Å². The van der Waals surface area contributed by atoms with Gasteiger partial charge in [-0.2, -0.15) is 0 Å². The summed E-state index contributed by atoms with van der Waals surface area (Å²) < 4.78 is 0. The Hall–Kier alpha value is -1.10. The van der Waals surface area contributed by atoms with Crippen LogP contribution in [0.5, 0.6) is 0 Å². The molecule has 0 bridgehead atoms. The second-order valence-electron chi connectivity index (χ2n) is 5.36. The van der Waals surface area contributed by atoms with Gasteiger partial charge in [-0.15, -0.1) is 0 Å². The lowest BCUT2D eigenvalue weighted by Crippen LogP contribution is -2.57. The number of rotatable bonds is 5. The Balaban J connectivity index is 2.71. The molecule has 0 aliphatic heterocycles. The van der Waals surface area contributed by atoms with E-state index in [0.29, 0.717) is 18.8 Å². The largest absolute Gasteiger partial charge is 0.480 e. The molecule has 1 aliphatic carbocycles. The number of nitrogens with two attached hydrogens (primary N) is 1. The standard InChI is InChI=1S/C13H24N2O3/c1-3-10-4-6-13(7-5-10,12(17)18)15-11(16)9(2)8-14/h9-10H,3-8,14H2,1-2H3,(H,15,16)(H,17,18). The molecule has 5 nitrogen and oxygen atoms in total. The van der Waals surface area contributed by atoms with Crippen LogP contribution >= 0.6 is 0 Å². The fourth-order valence-electron chi connectivity index (χ4n) is 2.44. The lowest BCUT2D eigenvalue weighted by atomic mass is 9.75. The molecule has 18 heavy (non-hydrogen) atoms. The Morgan fingerprint density at radius 3 is 2.39 bits per heavy atom. The van der Waals surface area contributed by atoms with Gasteiger partial charge >= 0.3 is 5.97 Å². The fraction of sp³-hybridized carbons (Fsp3) is 0.846. The number of carbonyl (C=O) groups is 2. The third-order valence-corrected chi connectivity index (χ3v) is 4.11. The predicted molar refractivity (Wildman–Crippen MR) is 69.0 cm³/mol. The highest BCUT2D eigenvalue weighted by atomic mass is 16.4. The maximum atomic E-state index is 11.8. The quantitative estimate of drug-likeness (QED) is 0.687. The van der Waals surface area contributed by atoms with Crippen LogP contribution < -0.4 is 11.1 Å². The Bertz CT molecular complexity index is 309. The number of nitrogens with one attached hydrogen (secondary N) is 1. The van der Waals surface area contributed by atoms with Gasteiger partial charge < -0.3 is 16.2 Å². The summed E-state index contributed by atoms with van der Waals surface area (Å²) in [4.78, 5) is 23.3. The SMILES string of the molecule is CCC1CCC(NC(=O)C(C)CN)(C(=O)O)CC1. The lowest BCUT2D eigenvalue weighted by molar-refractivity contribution is -0.150. The molecule has 1 aliphatic rings. The molecule has 1 unspecified atom stereocenters. The third kappa shape index (κ3) is 3.22. The molecular weight excluding hydrogens is 232 g/mol. The second-order valence-corrected chi connectivity index (χ2v) is 5.36. The van der Waals surface area contributed by atoms with E-state index >= 15 is 0 Å². The smallest absolute Gasteiger partial charge is 0.329 e. The molecule has 1 amide bonds. The van der Waals surface area contributed by atoms with Crippen LogP contribution in [-0.4, -0.2) is 29.1 Å². The van der Waals surface area contributed by atoms with E-state index in [2.05, 4.69) is 12.2 Å². The Morgan fingerprint density at radius 1 is 1.44 bits per heavy atom. The van der Waals surface area contributed by atoms with Crippen molar-refractivity contribution in [2.45, 2.75) is 51.5 Å². The molecule has 104 valence electrons. The molecule has 0 saturated heterocycles. The molecule has 5 heteroatoms. The minimum Gasteiger partial charge on any atom is -0.480 e. The van der Waals surface area contributed by atoms with Gasteiger partial charge in [-0.05, 0) is 31.6 Å². The molecule has 0 spiro atoms. The molecule has 1 fully saturated rings. The number of hydrogen-bond acceptors (Lipinski definition) is 3. The van der Waals surface area contributed by atoms with Gasteiger partial charge in [0.25, 0.3) is 0 Å². The van der Waals surface area contributed by atoms with Crippen molar-refractivity contribution in [3.05, 3.63) is 0 Å². The highest BCUT2D eigenvalue weighted by Crippen LogP contribution is 2.34. The van der Waals surface area contributed by atoms with E-state index in [4.69, 9.17) is 5.73 Å². The number of carboxylic acid groups (broad SMARTS) is 1. The first-order valence-electron chi connectivity index (χ1n) is 6.70. The van der Waals surface area contributed by atoms with Crippen LogP contribution in [0.2, 0.25) is 0 Å². The van der Waals surface area contributed by atoms with Crippen molar-refractivity contribution < 1.29 is 14.7 Å². The monoisotopic (exact) mass is 256 g/mol. The molecule has 0 aromatic rings. The first kappa shape index (κ1) is 15.0. The normalized spacial score (nSPS) is 29.6. The minimum atomic E-state index is -1.08. The Kier molecular flexibility index (Phi) is 5.14. The molecule has 4 N–H and O–H groups in total. The van der Waals surface area contributed by atoms with E-state index < -0.39 is 11.5 Å².